The van der Waals surface area contributed by atoms with Crippen molar-refractivity contribution in [3.63, 3.8) is 0 Å². The zero-order chi connectivity index (χ0) is 35.0. The largest absolute Gasteiger partial charge is 0.456 e. The summed E-state index contributed by atoms with van der Waals surface area (Å²) in [5.41, 5.74) is 13.6. The molecule has 9 aromatic carbocycles. The van der Waals surface area contributed by atoms with E-state index in [1.807, 2.05) is 0 Å². The fourth-order valence-corrected chi connectivity index (χ4v) is 9.38. The lowest BCUT2D eigenvalue weighted by atomic mass is 9.81. The standard InChI is InChI=1S/C51H32O2/c1-51(2)45-14-8-7-13-38(45)39-20-16-32(26-46(39)51)31-18-22-48-42(25-31)44-28-49-43(27-50(44)53-48)41-24-30(17-21-47(41)52-49)29-15-19-37-35-11-4-3-9-33(35)34-10-5-6-12-36(34)40(37)23-29/h3-28H,1-2H3. The van der Waals surface area contributed by atoms with Crippen LogP contribution in [-0.2, 0) is 5.41 Å². The fourth-order valence-electron chi connectivity index (χ4n) is 9.38. The molecule has 0 aliphatic heterocycles. The van der Waals surface area contributed by atoms with Crippen molar-refractivity contribution < 1.29 is 8.83 Å². The highest BCUT2D eigenvalue weighted by molar-refractivity contribution is 6.26. The number of rotatable bonds is 2. The van der Waals surface area contributed by atoms with Crippen LogP contribution in [-0.4, -0.2) is 0 Å². The van der Waals surface area contributed by atoms with Crippen molar-refractivity contribution in [1.29, 1.82) is 0 Å². The molecule has 2 aromatic heterocycles. The molecule has 0 atom stereocenters. The molecule has 248 valence electrons. The van der Waals surface area contributed by atoms with Crippen LogP contribution in [0.5, 0.6) is 0 Å². The number of fused-ring (bicyclic) bond motifs is 15. The molecule has 2 nitrogen and oxygen atoms in total. The van der Waals surface area contributed by atoms with Crippen LogP contribution in [0, 0.1) is 0 Å². The van der Waals surface area contributed by atoms with E-state index in [0.29, 0.717) is 0 Å². The van der Waals surface area contributed by atoms with E-state index in [1.54, 1.807) is 0 Å². The van der Waals surface area contributed by atoms with Gasteiger partial charge in [-0.2, -0.15) is 0 Å². The van der Waals surface area contributed by atoms with Crippen molar-refractivity contribution in [2.45, 2.75) is 19.3 Å². The van der Waals surface area contributed by atoms with Gasteiger partial charge >= 0.3 is 0 Å². The Kier molecular flexibility index (Phi) is 5.60. The summed E-state index contributed by atoms with van der Waals surface area (Å²) >= 11 is 0. The summed E-state index contributed by atoms with van der Waals surface area (Å²) in [4.78, 5) is 0. The van der Waals surface area contributed by atoms with Gasteiger partial charge in [0.1, 0.15) is 22.3 Å². The third kappa shape index (κ3) is 3.98. The summed E-state index contributed by atoms with van der Waals surface area (Å²) in [6.07, 6.45) is 0. The van der Waals surface area contributed by atoms with E-state index in [2.05, 4.69) is 172 Å². The lowest BCUT2D eigenvalue weighted by molar-refractivity contribution is 0.660. The molecule has 1 aliphatic carbocycles. The number of hydrogen-bond acceptors (Lipinski definition) is 2. The molecule has 12 rings (SSSR count). The van der Waals surface area contributed by atoms with Gasteiger partial charge in [0.25, 0.3) is 0 Å². The Hall–Kier alpha value is -6.64. The molecule has 0 saturated carbocycles. The highest BCUT2D eigenvalue weighted by Crippen LogP contribution is 2.50. The average molecular weight is 677 g/mol. The topological polar surface area (TPSA) is 26.3 Å². The van der Waals surface area contributed by atoms with E-state index in [4.69, 9.17) is 8.83 Å². The number of benzene rings is 9. The Morgan fingerprint density at radius 3 is 1.32 bits per heavy atom. The zero-order valence-corrected chi connectivity index (χ0v) is 29.3. The van der Waals surface area contributed by atoms with Crippen molar-refractivity contribution in [2.75, 3.05) is 0 Å². The second-order valence-corrected chi connectivity index (χ2v) is 15.3. The zero-order valence-electron chi connectivity index (χ0n) is 29.3. The molecule has 0 radical (unpaired) electrons. The van der Waals surface area contributed by atoms with Crippen molar-refractivity contribution in [2.24, 2.45) is 0 Å². The minimum Gasteiger partial charge on any atom is -0.456 e. The first kappa shape index (κ1) is 29.0. The molecular weight excluding hydrogens is 645 g/mol. The number of hydrogen-bond donors (Lipinski definition) is 0. The first-order valence-corrected chi connectivity index (χ1v) is 18.4. The molecule has 0 fully saturated rings. The van der Waals surface area contributed by atoms with Gasteiger partial charge in [-0.25, -0.2) is 0 Å². The molecule has 2 heterocycles. The molecule has 0 spiro atoms. The van der Waals surface area contributed by atoms with E-state index in [1.165, 1.54) is 71.3 Å². The molecule has 0 saturated heterocycles. The second-order valence-electron chi connectivity index (χ2n) is 15.3. The highest BCUT2D eigenvalue weighted by atomic mass is 16.3. The van der Waals surface area contributed by atoms with E-state index in [0.717, 1.165) is 49.4 Å². The van der Waals surface area contributed by atoms with E-state index < -0.39 is 0 Å². The van der Waals surface area contributed by atoms with E-state index >= 15 is 0 Å². The third-order valence-corrected chi connectivity index (χ3v) is 12.1. The molecule has 2 heteroatoms. The summed E-state index contributed by atoms with van der Waals surface area (Å²) < 4.78 is 13.0. The van der Waals surface area contributed by atoms with Crippen LogP contribution in [0.3, 0.4) is 0 Å². The monoisotopic (exact) mass is 676 g/mol. The normalized spacial score (nSPS) is 13.6. The van der Waals surface area contributed by atoms with Gasteiger partial charge in [-0.15, -0.1) is 0 Å². The molecule has 0 N–H and O–H groups in total. The first-order chi connectivity index (χ1) is 26.0. The Morgan fingerprint density at radius 2 is 0.717 bits per heavy atom. The molecule has 1 aliphatic rings. The summed E-state index contributed by atoms with van der Waals surface area (Å²) in [6.45, 7) is 4.67. The molecular formula is C51H32O2. The Morgan fingerprint density at radius 1 is 0.302 bits per heavy atom. The van der Waals surface area contributed by atoms with Crippen LogP contribution >= 0.6 is 0 Å². The van der Waals surface area contributed by atoms with E-state index in [-0.39, 0.29) is 5.41 Å². The third-order valence-electron chi connectivity index (χ3n) is 12.1. The first-order valence-electron chi connectivity index (χ1n) is 18.4. The van der Waals surface area contributed by atoms with Crippen LogP contribution < -0.4 is 0 Å². The molecule has 53 heavy (non-hydrogen) atoms. The van der Waals surface area contributed by atoms with Gasteiger partial charge in [0.05, 0.1) is 0 Å². The van der Waals surface area contributed by atoms with Crippen LogP contribution in [0.4, 0.5) is 0 Å². The van der Waals surface area contributed by atoms with Gasteiger partial charge in [-0.1, -0.05) is 123 Å². The van der Waals surface area contributed by atoms with Gasteiger partial charge in [0, 0.05) is 27.0 Å². The molecule has 0 amide bonds. The molecule has 0 unspecified atom stereocenters. The molecule has 0 bridgehead atoms. The summed E-state index contributed by atoms with van der Waals surface area (Å²) in [7, 11) is 0. The average Bonchev–Trinajstić information content (AvgIpc) is 3.82. The highest BCUT2D eigenvalue weighted by Gasteiger charge is 2.35. The van der Waals surface area contributed by atoms with Crippen LogP contribution in [0.15, 0.2) is 167 Å². The maximum atomic E-state index is 6.52. The minimum absolute atomic E-state index is 0.0429. The summed E-state index contributed by atoms with van der Waals surface area (Å²) in [5.74, 6) is 0. The minimum atomic E-state index is -0.0429. The smallest absolute Gasteiger partial charge is 0.136 e. The van der Waals surface area contributed by atoms with Gasteiger partial charge < -0.3 is 8.83 Å². The van der Waals surface area contributed by atoms with Crippen molar-refractivity contribution in [3.8, 4) is 33.4 Å². The SMILES string of the molecule is CC1(C)c2ccccc2-c2ccc(-c3ccc4oc5cc6c(cc5c4c3)oc3ccc(-c4ccc5c7ccccc7c7ccccc7c5c4)cc36)cc21. The van der Waals surface area contributed by atoms with Crippen molar-refractivity contribution >= 4 is 76.2 Å². The van der Waals surface area contributed by atoms with Gasteiger partial charge in [-0.05, 0) is 125 Å². The summed E-state index contributed by atoms with van der Waals surface area (Å²) in [6, 6.07) is 57.6. The van der Waals surface area contributed by atoms with Crippen LogP contribution in [0.2, 0.25) is 0 Å². The maximum absolute atomic E-state index is 6.52. The number of furan rings is 2. The van der Waals surface area contributed by atoms with E-state index in [9.17, 15) is 0 Å². The Bertz CT molecular complexity index is 3330. The van der Waals surface area contributed by atoms with Gasteiger partial charge in [-0.3, -0.25) is 0 Å². The van der Waals surface area contributed by atoms with Gasteiger partial charge in [0.15, 0.2) is 0 Å². The fraction of sp³-hybridized carbons (Fsp3) is 0.0588. The maximum Gasteiger partial charge on any atom is 0.136 e. The van der Waals surface area contributed by atoms with Crippen molar-refractivity contribution in [1.82, 2.24) is 0 Å². The van der Waals surface area contributed by atoms with Gasteiger partial charge in [0.2, 0.25) is 0 Å². The lowest BCUT2D eigenvalue weighted by Crippen LogP contribution is -2.14. The van der Waals surface area contributed by atoms with Crippen LogP contribution in [0.1, 0.15) is 25.0 Å². The summed E-state index contributed by atoms with van der Waals surface area (Å²) in [5, 5.41) is 12.0. The molecule has 11 aromatic rings. The predicted octanol–water partition coefficient (Wildman–Crippen LogP) is 14.6. The predicted molar refractivity (Wildman–Crippen MR) is 222 cm³/mol. The quantitative estimate of drug-likeness (QED) is 0.170. The Labute approximate surface area is 305 Å². The second kappa shape index (κ2) is 10.2. The Balaban J connectivity index is 0.976. The lowest BCUT2D eigenvalue weighted by Gasteiger charge is -2.22. The van der Waals surface area contributed by atoms with Crippen LogP contribution in [0.25, 0.3) is 110 Å². The van der Waals surface area contributed by atoms with Crippen molar-refractivity contribution in [3.05, 3.63) is 169 Å².